The fourth-order valence-corrected chi connectivity index (χ4v) is 2.41. The van der Waals surface area contributed by atoms with E-state index in [0.29, 0.717) is 12.5 Å². The van der Waals surface area contributed by atoms with Gasteiger partial charge in [0.1, 0.15) is 11.9 Å². The van der Waals surface area contributed by atoms with Crippen LogP contribution in [0.1, 0.15) is 35.4 Å². The van der Waals surface area contributed by atoms with Crippen LogP contribution in [0.25, 0.3) is 0 Å². The van der Waals surface area contributed by atoms with Crippen molar-refractivity contribution in [3.8, 4) is 6.07 Å². The molecule has 0 heterocycles. The molecule has 2 aromatic rings. The number of nitrogens with zero attached hydrogens (tertiary/aromatic N) is 1. The Morgan fingerprint density at radius 2 is 2.00 bits per heavy atom. The molecule has 0 unspecified atom stereocenters. The second kappa shape index (κ2) is 5.34. The first-order valence-electron chi connectivity index (χ1n) is 6.79. The summed E-state index contributed by atoms with van der Waals surface area (Å²) in [6.45, 7) is 0.698. The molecule has 0 radical (unpaired) electrons. The molecule has 0 saturated heterocycles. The highest BCUT2D eigenvalue weighted by Gasteiger charge is 2.25. The van der Waals surface area contributed by atoms with E-state index in [1.165, 1.54) is 30.0 Å². The number of nitrogens with one attached hydrogen (secondary N) is 1. The van der Waals surface area contributed by atoms with Gasteiger partial charge in [-0.05, 0) is 48.1 Å². The van der Waals surface area contributed by atoms with Crippen molar-refractivity contribution >= 4 is 5.69 Å². The van der Waals surface area contributed by atoms with Gasteiger partial charge < -0.3 is 5.32 Å². The maximum absolute atomic E-state index is 13.3. The van der Waals surface area contributed by atoms with Crippen LogP contribution in [0.2, 0.25) is 0 Å². The summed E-state index contributed by atoms with van der Waals surface area (Å²) in [7, 11) is 0. The van der Waals surface area contributed by atoms with Crippen molar-refractivity contribution < 1.29 is 4.39 Å². The number of anilines is 1. The molecule has 3 heteroatoms. The topological polar surface area (TPSA) is 35.8 Å². The van der Waals surface area contributed by atoms with Crippen LogP contribution in [0.15, 0.2) is 42.5 Å². The first kappa shape index (κ1) is 12.7. The normalized spacial score (nSPS) is 13.8. The Morgan fingerprint density at radius 1 is 1.20 bits per heavy atom. The molecule has 1 aliphatic rings. The molecule has 0 atom stereocenters. The molecule has 1 aliphatic carbocycles. The molecule has 1 fully saturated rings. The molecule has 0 aliphatic heterocycles. The first-order valence-corrected chi connectivity index (χ1v) is 6.79. The summed E-state index contributed by atoms with van der Waals surface area (Å²) < 4.78 is 13.3. The Balaban J connectivity index is 1.75. The van der Waals surface area contributed by atoms with E-state index < -0.39 is 5.82 Å². The molecular weight excluding hydrogens is 251 g/mol. The van der Waals surface area contributed by atoms with E-state index in [1.54, 1.807) is 12.1 Å². The highest BCUT2D eigenvalue weighted by molar-refractivity contribution is 5.50. The number of nitriles is 1. The summed E-state index contributed by atoms with van der Waals surface area (Å²) in [4.78, 5) is 0. The molecule has 0 spiro atoms. The van der Waals surface area contributed by atoms with Gasteiger partial charge in [-0.1, -0.05) is 24.3 Å². The molecule has 2 aromatic carbocycles. The van der Waals surface area contributed by atoms with Gasteiger partial charge in [-0.3, -0.25) is 0 Å². The fourth-order valence-electron chi connectivity index (χ4n) is 2.41. The van der Waals surface area contributed by atoms with Crippen LogP contribution in [0.4, 0.5) is 10.1 Å². The first-order chi connectivity index (χ1) is 9.78. The average Bonchev–Trinajstić information content (AvgIpc) is 3.31. The molecule has 2 nitrogen and oxygen atoms in total. The van der Waals surface area contributed by atoms with Crippen molar-refractivity contribution in [1.82, 2.24) is 0 Å². The second-order valence-corrected chi connectivity index (χ2v) is 5.13. The minimum Gasteiger partial charge on any atom is -0.381 e. The molecule has 0 amide bonds. The van der Waals surface area contributed by atoms with Crippen LogP contribution in [0.5, 0.6) is 0 Å². The summed E-state index contributed by atoms with van der Waals surface area (Å²) in [5.74, 6) is 0.229. The third-order valence-corrected chi connectivity index (χ3v) is 3.64. The third-order valence-electron chi connectivity index (χ3n) is 3.64. The van der Waals surface area contributed by atoms with Gasteiger partial charge in [0.2, 0.25) is 0 Å². The van der Waals surface area contributed by atoms with Gasteiger partial charge in [-0.15, -0.1) is 0 Å². The zero-order valence-electron chi connectivity index (χ0n) is 11.1. The van der Waals surface area contributed by atoms with E-state index in [1.807, 2.05) is 12.1 Å². The standard InChI is InChI=1S/C17H15FN2/c18-17-8-7-15(9-14(17)10-19)20-11-13-3-1-2-4-16(13)12-5-6-12/h1-4,7-9,12,20H,5-6,11H2. The smallest absolute Gasteiger partial charge is 0.141 e. The lowest BCUT2D eigenvalue weighted by Gasteiger charge is -2.11. The van der Waals surface area contributed by atoms with Crippen LogP contribution < -0.4 is 5.32 Å². The Labute approximate surface area is 117 Å². The third kappa shape index (κ3) is 2.65. The summed E-state index contributed by atoms with van der Waals surface area (Å²) in [5, 5.41) is 12.1. The molecule has 3 rings (SSSR count). The van der Waals surface area contributed by atoms with E-state index in [2.05, 4.69) is 23.5 Å². The van der Waals surface area contributed by atoms with Crippen molar-refractivity contribution in [2.45, 2.75) is 25.3 Å². The molecule has 20 heavy (non-hydrogen) atoms. The SMILES string of the molecule is N#Cc1cc(NCc2ccccc2C2CC2)ccc1F. The van der Waals surface area contributed by atoms with Gasteiger partial charge in [0.05, 0.1) is 5.56 Å². The van der Waals surface area contributed by atoms with Crippen molar-refractivity contribution in [2.75, 3.05) is 5.32 Å². The van der Waals surface area contributed by atoms with Crippen LogP contribution in [0.3, 0.4) is 0 Å². The van der Waals surface area contributed by atoms with Crippen molar-refractivity contribution in [3.05, 3.63) is 65.0 Å². The number of hydrogen-bond acceptors (Lipinski definition) is 2. The maximum atomic E-state index is 13.3. The van der Waals surface area contributed by atoms with Crippen LogP contribution >= 0.6 is 0 Å². The Hall–Kier alpha value is -2.34. The quantitative estimate of drug-likeness (QED) is 0.900. The predicted molar refractivity (Wildman–Crippen MR) is 76.9 cm³/mol. The number of halogens is 1. The highest BCUT2D eigenvalue weighted by Crippen LogP contribution is 2.41. The van der Waals surface area contributed by atoms with Crippen molar-refractivity contribution in [2.24, 2.45) is 0 Å². The van der Waals surface area contributed by atoms with Crippen LogP contribution in [-0.2, 0) is 6.54 Å². The van der Waals surface area contributed by atoms with Gasteiger partial charge in [-0.25, -0.2) is 4.39 Å². The highest BCUT2D eigenvalue weighted by atomic mass is 19.1. The van der Waals surface area contributed by atoms with E-state index >= 15 is 0 Å². The lowest BCUT2D eigenvalue weighted by molar-refractivity contribution is 0.624. The zero-order chi connectivity index (χ0) is 13.9. The van der Waals surface area contributed by atoms with Crippen molar-refractivity contribution in [3.63, 3.8) is 0 Å². The number of rotatable bonds is 4. The van der Waals surface area contributed by atoms with Crippen LogP contribution in [0, 0.1) is 17.1 Å². The average molecular weight is 266 g/mol. The summed E-state index contributed by atoms with van der Waals surface area (Å²) >= 11 is 0. The Morgan fingerprint density at radius 3 is 2.75 bits per heavy atom. The predicted octanol–water partition coefficient (Wildman–Crippen LogP) is 4.19. The molecule has 1 N–H and O–H groups in total. The number of hydrogen-bond donors (Lipinski definition) is 1. The molecule has 0 aromatic heterocycles. The van der Waals surface area contributed by atoms with E-state index in [0.717, 1.165) is 5.69 Å². The van der Waals surface area contributed by atoms with E-state index in [4.69, 9.17) is 5.26 Å². The minimum absolute atomic E-state index is 0.0745. The molecule has 0 bridgehead atoms. The van der Waals surface area contributed by atoms with E-state index in [9.17, 15) is 4.39 Å². The van der Waals surface area contributed by atoms with Crippen molar-refractivity contribution in [1.29, 1.82) is 5.26 Å². The summed E-state index contributed by atoms with van der Waals surface area (Å²) in [5.41, 5.74) is 3.53. The van der Waals surface area contributed by atoms with Gasteiger partial charge in [-0.2, -0.15) is 5.26 Å². The monoisotopic (exact) mass is 266 g/mol. The Bertz CT molecular complexity index is 669. The lowest BCUT2D eigenvalue weighted by atomic mass is 10.0. The maximum Gasteiger partial charge on any atom is 0.141 e. The number of benzene rings is 2. The van der Waals surface area contributed by atoms with Crippen LogP contribution in [-0.4, -0.2) is 0 Å². The zero-order valence-corrected chi connectivity index (χ0v) is 11.1. The summed E-state index contributed by atoms with van der Waals surface area (Å²) in [6, 6.07) is 14.8. The Kier molecular flexibility index (Phi) is 3.39. The van der Waals surface area contributed by atoms with Gasteiger partial charge in [0.15, 0.2) is 0 Å². The largest absolute Gasteiger partial charge is 0.381 e. The van der Waals surface area contributed by atoms with E-state index in [-0.39, 0.29) is 5.56 Å². The lowest BCUT2D eigenvalue weighted by Crippen LogP contribution is -2.03. The molecule has 100 valence electrons. The van der Waals surface area contributed by atoms with Gasteiger partial charge >= 0.3 is 0 Å². The molecular formula is C17H15FN2. The summed E-state index contributed by atoms with van der Waals surface area (Å²) in [6.07, 6.45) is 2.54. The fraction of sp³-hybridized carbons (Fsp3) is 0.235. The van der Waals surface area contributed by atoms with Gasteiger partial charge in [0, 0.05) is 12.2 Å². The van der Waals surface area contributed by atoms with Gasteiger partial charge in [0.25, 0.3) is 0 Å². The minimum atomic E-state index is -0.476. The second-order valence-electron chi connectivity index (χ2n) is 5.13. The molecule has 1 saturated carbocycles.